The Morgan fingerprint density at radius 3 is 2.75 bits per heavy atom. The third-order valence-corrected chi connectivity index (χ3v) is 4.65. The van der Waals surface area contributed by atoms with Crippen molar-refractivity contribution in [1.82, 2.24) is 20.0 Å². The smallest absolute Gasteiger partial charge is 0.279 e. The number of aliphatic hydroxyl groups is 1. The predicted octanol–water partition coefficient (Wildman–Crippen LogP) is 2.07. The first-order valence-electron chi connectivity index (χ1n) is 9.00. The number of benzene rings is 2. The number of rotatable bonds is 4. The number of likely N-dealkylation sites (N-methyl/N-ethyl adjacent to an activating group) is 1. The van der Waals surface area contributed by atoms with Gasteiger partial charge in [0.2, 0.25) is 5.96 Å². The molecule has 4 rings (SSSR count). The fourth-order valence-corrected chi connectivity index (χ4v) is 3.15. The number of aliphatic hydroxyl groups excluding tert-OH is 1. The van der Waals surface area contributed by atoms with E-state index in [4.69, 9.17) is 0 Å². The molecule has 0 aliphatic carbocycles. The Morgan fingerprint density at radius 2 is 1.96 bits per heavy atom. The summed E-state index contributed by atoms with van der Waals surface area (Å²) in [7, 11) is 3.54. The third-order valence-electron chi connectivity index (χ3n) is 4.65. The number of fused-ring (bicyclic) bond motifs is 1. The number of nitrogens with zero attached hydrogens (tertiary/aromatic N) is 4. The van der Waals surface area contributed by atoms with E-state index in [2.05, 4.69) is 15.4 Å². The topological polar surface area (TPSA) is 82.8 Å². The summed E-state index contributed by atoms with van der Waals surface area (Å²) in [6.45, 7) is 0.259. The van der Waals surface area contributed by atoms with Crippen LogP contribution < -0.4 is 5.32 Å². The lowest BCUT2D eigenvalue weighted by atomic mass is 10.1. The number of hydrogen-bond acceptors (Lipinski definition) is 5. The van der Waals surface area contributed by atoms with E-state index in [9.17, 15) is 9.90 Å². The zero-order chi connectivity index (χ0) is 19.7. The van der Waals surface area contributed by atoms with Gasteiger partial charge in [0, 0.05) is 32.2 Å². The molecular weight excluding hydrogens is 354 g/mol. The standard InChI is InChI=1S/C21H21N5O2/c1-25-13-16-10-14(8-9-17(16)24-25)11-18-20(28)26(2)21(23-18)22-12-19(27)15-6-4-3-5-7-15/h3-11,13,19,27H,12H2,1-2H3,(H,22,23)/b18-11-. The molecule has 1 amide bonds. The summed E-state index contributed by atoms with van der Waals surface area (Å²) in [4.78, 5) is 18.4. The summed E-state index contributed by atoms with van der Waals surface area (Å²) in [5.74, 6) is 0.233. The number of carbonyl (C=O) groups is 1. The molecular formula is C21H21N5O2. The van der Waals surface area contributed by atoms with E-state index in [0.29, 0.717) is 11.7 Å². The molecule has 1 aliphatic heterocycles. The molecule has 0 fully saturated rings. The van der Waals surface area contributed by atoms with Gasteiger partial charge in [-0.1, -0.05) is 36.4 Å². The maximum absolute atomic E-state index is 12.5. The monoisotopic (exact) mass is 375 g/mol. The minimum atomic E-state index is -0.687. The molecule has 1 aromatic heterocycles. The van der Waals surface area contributed by atoms with Crippen molar-refractivity contribution in [3.05, 3.63) is 71.6 Å². The lowest BCUT2D eigenvalue weighted by molar-refractivity contribution is -0.121. The van der Waals surface area contributed by atoms with Crippen molar-refractivity contribution in [2.45, 2.75) is 6.10 Å². The molecule has 142 valence electrons. The molecule has 3 aromatic rings. The second-order valence-corrected chi connectivity index (χ2v) is 6.76. The van der Waals surface area contributed by atoms with Gasteiger partial charge in [-0.15, -0.1) is 0 Å². The van der Waals surface area contributed by atoms with Gasteiger partial charge >= 0.3 is 0 Å². The molecule has 28 heavy (non-hydrogen) atoms. The lowest BCUT2D eigenvalue weighted by Gasteiger charge is -2.16. The SMILES string of the molecule is CN1C(=O)/C(=C/c2ccc3nn(C)cc3c2)N=C1NCC(O)c1ccccc1. The Kier molecular flexibility index (Phi) is 4.67. The van der Waals surface area contributed by atoms with Crippen LogP contribution in [0.1, 0.15) is 17.2 Å². The Hall–Kier alpha value is -3.45. The molecule has 2 heterocycles. The van der Waals surface area contributed by atoms with Crippen LogP contribution in [0.25, 0.3) is 17.0 Å². The van der Waals surface area contributed by atoms with Crippen LogP contribution in [0.2, 0.25) is 0 Å². The molecule has 0 bridgehead atoms. The third kappa shape index (κ3) is 3.52. The number of guanidine groups is 1. The van der Waals surface area contributed by atoms with Gasteiger partial charge in [-0.05, 0) is 29.3 Å². The second-order valence-electron chi connectivity index (χ2n) is 6.76. The maximum atomic E-state index is 12.5. The Bertz CT molecular complexity index is 1080. The highest BCUT2D eigenvalue weighted by Gasteiger charge is 2.27. The van der Waals surface area contributed by atoms with Crippen LogP contribution >= 0.6 is 0 Å². The number of nitrogens with one attached hydrogen (secondary N) is 1. The first kappa shape index (κ1) is 17.9. The molecule has 0 radical (unpaired) electrons. The van der Waals surface area contributed by atoms with E-state index in [1.807, 2.05) is 61.8 Å². The summed E-state index contributed by atoms with van der Waals surface area (Å²) in [6.07, 6.45) is 3.00. The van der Waals surface area contributed by atoms with Crippen LogP contribution in [0.5, 0.6) is 0 Å². The predicted molar refractivity (Wildman–Crippen MR) is 108 cm³/mol. The van der Waals surface area contributed by atoms with Gasteiger partial charge in [-0.2, -0.15) is 5.10 Å². The first-order chi connectivity index (χ1) is 13.5. The molecule has 7 nitrogen and oxygen atoms in total. The summed E-state index contributed by atoms with van der Waals surface area (Å²) >= 11 is 0. The Balaban J connectivity index is 1.52. The Morgan fingerprint density at radius 1 is 1.18 bits per heavy atom. The van der Waals surface area contributed by atoms with Crippen molar-refractivity contribution in [2.24, 2.45) is 12.0 Å². The van der Waals surface area contributed by atoms with Crippen LogP contribution in [-0.4, -0.2) is 45.2 Å². The normalized spacial score (nSPS) is 16.7. The van der Waals surface area contributed by atoms with Crippen LogP contribution in [0, 0.1) is 0 Å². The minimum Gasteiger partial charge on any atom is -0.387 e. The Labute approximate surface area is 162 Å². The highest BCUT2D eigenvalue weighted by molar-refractivity contribution is 6.13. The van der Waals surface area contributed by atoms with Gasteiger partial charge in [0.15, 0.2) is 0 Å². The number of aliphatic imine (C=N–C) groups is 1. The van der Waals surface area contributed by atoms with Crippen molar-refractivity contribution in [1.29, 1.82) is 0 Å². The minimum absolute atomic E-state index is 0.192. The molecule has 2 aromatic carbocycles. The van der Waals surface area contributed by atoms with Crippen molar-refractivity contribution < 1.29 is 9.90 Å². The zero-order valence-corrected chi connectivity index (χ0v) is 15.7. The number of amides is 1. The molecule has 0 spiro atoms. The fraction of sp³-hybridized carbons (Fsp3) is 0.190. The molecule has 1 atom stereocenters. The van der Waals surface area contributed by atoms with E-state index in [1.54, 1.807) is 17.8 Å². The molecule has 0 saturated carbocycles. The van der Waals surface area contributed by atoms with E-state index in [1.165, 1.54) is 4.90 Å². The largest absolute Gasteiger partial charge is 0.387 e. The zero-order valence-electron chi connectivity index (χ0n) is 15.7. The van der Waals surface area contributed by atoms with Crippen LogP contribution in [0.4, 0.5) is 0 Å². The summed E-state index contributed by atoms with van der Waals surface area (Å²) in [5.41, 5.74) is 2.94. The van der Waals surface area contributed by atoms with Crippen molar-refractivity contribution in [2.75, 3.05) is 13.6 Å². The van der Waals surface area contributed by atoms with Crippen molar-refractivity contribution >= 4 is 28.8 Å². The van der Waals surface area contributed by atoms with Gasteiger partial charge in [0.05, 0.1) is 11.6 Å². The van der Waals surface area contributed by atoms with Gasteiger partial charge in [-0.25, -0.2) is 4.99 Å². The molecule has 1 aliphatic rings. The molecule has 1 unspecified atom stereocenters. The van der Waals surface area contributed by atoms with Crippen molar-refractivity contribution in [3.8, 4) is 0 Å². The highest BCUT2D eigenvalue weighted by atomic mass is 16.3. The summed E-state index contributed by atoms with van der Waals surface area (Å²) in [5, 5.41) is 18.7. The molecule has 0 saturated heterocycles. The number of aromatic nitrogens is 2. The van der Waals surface area contributed by atoms with Crippen LogP contribution in [0.3, 0.4) is 0 Å². The van der Waals surface area contributed by atoms with Crippen molar-refractivity contribution in [3.63, 3.8) is 0 Å². The van der Waals surface area contributed by atoms with E-state index >= 15 is 0 Å². The van der Waals surface area contributed by atoms with Gasteiger partial charge in [0.1, 0.15) is 5.70 Å². The van der Waals surface area contributed by atoms with E-state index in [0.717, 1.165) is 22.0 Å². The van der Waals surface area contributed by atoms with Gasteiger partial charge in [0.25, 0.3) is 5.91 Å². The average molecular weight is 375 g/mol. The molecule has 2 N–H and O–H groups in total. The van der Waals surface area contributed by atoms with Crippen LogP contribution in [-0.2, 0) is 11.8 Å². The maximum Gasteiger partial charge on any atom is 0.279 e. The van der Waals surface area contributed by atoms with E-state index in [-0.39, 0.29) is 12.5 Å². The van der Waals surface area contributed by atoms with E-state index < -0.39 is 6.10 Å². The van der Waals surface area contributed by atoms with Crippen LogP contribution in [0.15, 0.2) is 65.4 Å². The highest BCUT2D eigenvalue weighted by Crippen LogP contribution is 2.20. The number of hydrogen-bond donors (Lipinski definition) is 2. The number of aryl methyl sites for hydroxylation is 1. The summed E-state index contributed by atoms with van der Waals surface area (Å²) < 4.78 is 1.76. The van der Waals surface area contributed by atoms with Gasteiger partial charge in [-0.3, -0.25) is 14.4 Å². The second kappa shape index (κ2) is 7.28. The van der Waals surface area contributed by atoms with Gasteiger partial charge < -0.3 is 10.4 Å². The first-order valence-corrected chi connectivity index (χ1v) is 9.00. The summed E-state index contributed by atoms with van der Waals surface area (Å²) in [6, 6.07) is 15.2. The number of carbonyl (C=O) groups excluding carboxylic acids is 1. The average Bonchev–Trinajstić information content (AvgIpc) is 3.20. The quantitative estimate of drug-likeness (QED) is 0.684. The molecule has 7 heteroatoms. The lowest BCUT2D eigenvalue weighted by Crippen LogP contribution is -2.39. The fourth-order valence-electron chi connectivity index (χ4n) is 3.15.